The monoisotopic (exact) mass is 1930 g/mol. The van der Waals surface area contributed by atoms with E-state index in [1.807, 2.05) is 0 Å². The van der Waals surface area contributed by atoms with Crippen LogP contribution in [0.15, 0.2) is 0 Å². The molecule has 21 atom stereocenters. The highest BCUT2D eigenvalue weighted by molar-refractivity contribution is 4.83. The highest BCUT2D eigenvalue weighted by Gasteiger charge is 2.29. The molecule has 133 heavy (non-hydrogen) atoms. The van der Waals surface area contributed by atoms with E-state index in [0.29, 0.717) is 131 Å². The Morgan fingerprint density at radius 1 is 0.271 bits per heavy atom. The molecule has 796 valence electrons. The summed E-state index contributed by atoms with van der Waals surface area (Å²) in [6.07, 6.45) is 7.80. The molecule has 18 aliphatic heterocycles. The predicted octanol–water partition coefficient (Wildman–Crippen LogP) is -1.43. The molecule has 0 aliphatic carbocycles. The lowest BCUT2D eigenvalue weighted by Crippen LogP contribution is -2.49. The summed E-state index contributed by atoms with van der Waals surface area (Å²) < 4.78 is 112. The predicted molar refractivity (Wildman–Crippen MR) is 522 cm³/mol. The lowest BCUT2D eigenvalue weighted by molar-refractivity contribution is -0.00619. The Labute approximate surface area is 801 Å². The van der Waals surface area contributed by atoms with Crippen molar-refractivity contribution in [3.63, 3.8) is 0 Å². The molecular weight excluding hydrogens is 1730 g/mol. The van der Waals surface area contributed by atoms with Crippen molar-refractivity contribution in [2.24, 2.45) is 0 Å². The van der Waals surface area contributed by atoms with Crippen molar-refractivity contribution in [3.05, 3.63) is 0 Å². The van der Waals surface area contributed by atoms with Gasteiger partial charge in [-0.3, -0.25) is 0 Å². The summed E-state index contributed by atoms with van der Waals surface area (Å²) in [5, 5.41) is 88.8. The van der Waals surface area contributed by atoms with Crippen molar-refractivity contribution in [2.45, 2.75) is 263 Å². The second-order valence-electron chi connectivity index (χ2n) is 36.6. The Hall–Kier alpha value is -1.66. The Balaban J connectivity index is 0.000000478. The maximum Gasteiger partial charge on any atom is 0.117 e. The van der Waals surface area contributed by atoms with Crippen molar-refractivity contribution in [2.75, 3.05) is 342 Å². The smallest absolute Gasteiger partial charge is 0.117 e. The fourth-order valence-electron chi connectivity index (χ4n) is 14.4. The minimum Gasteiger partial charge on any atom is -0.395 e. The van der Waals surface area contributed by atoms with Gasteiger partial charge in [0.25, 0.3) is 0 Å². The van der Waals surface area contributed by atoms with Crippen molar-refractivity contribution >= 4 is 0 Å². The number of hydrogen-bond donors (Lipinski definition) is 21. The van der Waals surface area contributed by atoms with E-state index in [9.17, 15) is 8.78 Å². The highest BCUT2D eigenvalue weighted by Crippen LogP contribution is 2.21. The Bertz CT molecular complexity index is 2050. The van der Waals surface area contributed by atoms with Gasteiger partial charge in [0, 0.05) is 204 Å². The van der Waals surface area contributed by atoms with Gasteiger partial charge in [0.1, 0.15) is 13.3 Å². The number of hydrogen-bond acceptors (Lipinski definition) is 38. The van der Waals surface area contributed by atoms with Gasteiger partial charge in [-0.05, 0) is 116 Å². The summed E-state index contributed by atoms with van der Waals surface area (Å²) in [4.78, 5) is 0. The van der Waals surface area contributed by atoms with Gasteiger partial charge in [0.05, 0.1) is 258 Å². The number of ether oxygens (including phenoxy) is 17. The minimum atomic E-state index is -0.368. The lowest BCUT2D eigenvalue weighted by atomic mass is 10.1. The highest BCUT2D eigenvalue weighted by atomic mass is 19.1. The number of fused-ring (bicyclic) bond motifs is 2. The molecule has 18 saturated heterocycles. The van der Waals surface area contributed by atoms with Crippen LogP contribution in [0.4, 0.5) is 8.78 Å². The first-order chi connectivity index (χ1) is 64.4. The van der Waals surface area contributed by atoms with Crippen molar-refractivity contribution < 1.29 is 110 Å². The van der Waals surface area contributed by atoms with Gasteiger partial charge in [0.15, 0.2) is 0 Å². The molecule has 18 rings (SSSR count). The Kier molecular flexibility index (Phi) is 84.4. The third-order valence-corrected chi connectivity index (χ3v) is 22.0. The van der Waals surface area contributed by atoms with E-state index in [1.165, 1.54) is 12.8 Å². The molecule has 2 bridgehead atoms. The summed E-state index contributed by atoms with van der Waals surface area (Å²) in [7, 11) is 0. The molecule has 0 saturated carbocycles. The number of halogens is 2. The molecule has 0 aromatic rings. The van der Waals surface area contributed by atoms with E-state index in [-0.39, 0.29) is 81.8 Å². The summed E-state index contributed by atoms with van der Waals surface area (Å²) in [6.45, 7) is 71.9. The van der Waals surface area contributed by atoms with Crippen LogP contribution in [0.25, 0.3) is 0 Å². The summed E-state index contributed by atoms with van der Waals surface area (Å²) in [5.74, 6) is 0. The van der Waals surface area contributed by atoms with Crippen LogP contribution in [0.1, 0.15) is 130 Å². The Morgan fingerprint density at radius 3 is 0.737 bits per heavy atom. The molecule has 0 aromatic heterocycles. The first-order valence-corrected chi connectivity index (χ1v) is 50.6. The Morgan fingerprint density at radius 2 is 0.579 bits per heavy atom. The number of alkyl halides is 2. The van der Waals surface area contributed by atoms with E-state index in [2.05, 4.69) is 194 Å². The van der Waals surface area contributed by atoms with Crippen molar-refractivity contribution in [3.8, 4) is 0 Å². The zero-order valence-electron chi connectivity index (χ0n) is 85.2. The molecular formula is C93H199F2N17O21. The van der Waals surface area contributed by atoms with E-state index in [0.717, 1.165) is 276 Å². The number of aliphatic hydroxyl groups excluding tert-OH is 4. The van der Waals surface area contributed by atoms with Crippen LogP contribution in [0, 0.1) is 0 Å². The van der Waals surface area contributed by atoms with Crippen LogP contribution in [-0.2, 0) is 80.5 Å². The van der Waals surface area contributed by atoms with Gasteiger partial charge >= 0.3 is 0 Å². The molecule has 21 N–H and O–H groups in total. The average Bonchev–Trinajstić information content (AvgIpc) is 1.76. The number of morpholine rings is 17. The van der Waals surface area contributed by atoms with Crippen LogP contribution >= 0.6 is 0 Å². The largest absolute Gasteiger partial charge is 0.395 e. The van der Waals surface area contributed by atoms with E-state index < -0.39 is 0 Å². The molecule has 0 amide bonds. The summed E-state index contributed by atoms with van der Waals surface area (Å²) in [6, 6.07) is 4.69. The molecule has 0 aromatic carbocycles. The number of rotatable bonds is 8. The molecule has 18 aliphatic rings. The average molecular weight is 1930 g/mol. The lowest BCUT2D eigenvalue weighted by Gasteiger charge is -2.30. The van der Waals surface area contributed by atoms with E-state index in [4.69, 9.17) is 101 Å². The van der Waals surface area contributed by atoms with Crippen molar-refractivity contribution in [1.82, 2.24) is 90.4 Å². The van der Waals surface area contributed by atoms with Crippen LogP contribution in [0.2, 0.25) is 0 Å². The standard InChI is InChI=1S/C6H11NO.7C6H13NO.2C5H10FNO.4C5H11NO2.3C5H11NO/c1-2-6-4-7-3-5(1)8-6;1-5-4-8-6(2)3-7-5;3*1-5-3-8-4-6(2)7-5;1-6(2)5-8-4-3-7-6;2*1-2-6-5-7-3-4-8-6;2*6-3-5-4-7-1-2-8-5;2*7-3-5-4-8-2-1-6-5;2*7-4-5-3-6-1-2-8-5;1-5-4-7-3-2-6-5;2*1-5-4-6-2-3-7-5/h5-7H,1-4H2;4*5-7H,3-4H2,1-2H3;7H,3-5H2,1-2H3;2*6-7H,2-5H2,1H3;2*5,7H,1-4H2;4*5-7H,1-4H2;3*5-6H,2-4H2,1H3/t;5-,6-;5-,6+;2*5-,6-;;2*6-;9*5-/m.1.10.10101010110/s1. The summed E-state index contributed by atoms with van der Waals surface area (Å²) in [5.41, 5.74) is 0.207. The van der Waals surface area contributed by atoms with E-state index >= 15 is 0 Å². The molecule has 18 fully saturated rings. The molecule has 40 heteroatoms. The summed E-state index contributed by atoms with van der Waals surface area (Å²) >= 11 is 0. The van der Waals surface area contributed by atoms with Crippen LogP contribution < -0.4 is 90.4 Å². The second kappa shape index (κ2) is 88.1. The van der Waals surface area contributed by atoms with Gasteiger partial charge in [-0.2, -0.15) is 0 Å². The minimum absolute atomic E-state index is 0.0312. The molecule has 2 unspecified atom stereocenters. The maximum atomic E-state index is 11.7. The topological polar surface area (TPSA) is 442 Å². The first kappa shape index (κ1) is 127. The second-order valence-corrected chi connectivity index (χ2v) is 36.6. The van der Waals surface area contributed by atoms with Gasteiger partial charge in [-0.1, -0.05) is 13.8 Å². The fourth-order valence-corrected chi connectivity index (χ4v) is 14.4. The van der Waals surface area contributed by atoms with Crippen LogP contribution in [0.3, 0.4) is 0 Å². The van der Waals surface area contributed by atoms with Crippen LogP contribution in [0.5, 0.6) is 0 Å². The quantitative estimate of drug-likeness (QED) is 0.132. The molecule has 0 spiro atoms. The molecule has 38 nitrogen and oxygen atoms in total. The van der Waals surface area contributed by atoms with Gasteiger partial charge < -0.3 is 191 Å². The van der Waals surface area contributed by atoms with E-state index in [1.54, 1.807) is 0 Å². The molecule has 18 heterocycles. The number of aliphatic hydroxyl groups is 4. The first-order valence-electron chi connectivity index (χ1n) is 50.6. The molecule has 0 radical (unpaired) electrons. The van der Waals surface area contributed by atoms with Crippen LogP contribution in [-0.4, -0.2) is 496 Å². The van der Waals surface area contributed by atoms with Gasteiger partial charge in [-0.15, -0.1) is 0 Å². The van der Waals surface area contributed by atoms with Gasteiger partial charge in [0.2, 0.25) is 0 Å². The van der Waals surface area contributed by atoms with Crippen molar-refractivity contribution in [1.29, 1.82) is 0 Å². The SMILES string of the molecule is C1CC2CNCC1O2.CC1(C)COCCN1.CC[C@@H]1CNCCO1.CC[C@H]1CNCCO1.C[C@@H]1CNCCO1.C[C@@H]1COCCN1.C[C@@H]1COC[C@@H](C)N1.C[C@@H]1COC[C@H](C)N1.C[C@@H]1CO[C@H](C)CN1.C[C@H]1CNCCO1.C[C@H]1COC[C@H](C)N1.FC[C@@H]1CNCCO1.FC[C@H]1CNCCO1.OC[C@@H]1CNCCO1.OC[C@@H]1COCCN1.OC[C@H]1CNCCO1.OC[C@H]1COCCN1. The number of nitrogens with one attached hydrogen (secondary N) is 17. The third-order valence-electron chi connectivity index (χ3n) is 22.0. The zero-order chi connectivity index (χ0) is 97.3. The fraction of sp³-hybridized carbons (Fsp3) is 1.00. The third kappa shape index (κ3) is 76.7. The van der Waals surface area contributed by atoms with Gasteiger partial charge in [-0.25, -0.2) is 8.78 Å². The zero-order valence-corrected chi connectivity index (χ0v) is 85.2. The maximum absolute atomic E-state index is 11.7. The normalized spacial score (nSPS) is 33.8.